The minimum absolute atomic E-state index is 0.0290. The Hall–Kier alpha value is -2.60. The summed E-state index contributed by atoms with van der Waals surface area (Å²) in [6, 6.07) is 7.32. The van der Waals surface area contributed by atoms with Gasteiger partial charge in [-0.1, -0.05) is 6.07 Å². The van der Waals surface area contributed by atoms with Gasteiger partial charge in [0, 0.05) is 32.8 Å². The molecule has 1 aromatic carbocycles. The van der Waals surface area contributed by atoms with E-state index in [0.717, 1.165) is 52.3 Å². The molecule has 1 N–H and O–H groups in total. The number of benzene rings is 1. The minimum Gasteiger partial charge on any atom is -0.493 e. The van der Waals surface area contributed by atoms with Crippen LogP contribution in [0.2, 0.25) is 0 Å². The Bertz CT molecular complexity index is 777. The fourth-order valence-corrected chi connectivity index (χ4v) is 3.43. The van der Waals surface area contributed by atoms with Crippen molar-refractivity contribution >= 4 is 12.0 Å². The van der Waals surface area contributed by atoms with Crippen LogP contribution in [0.5, 0.6) is 11.5 Å². The van der Waals surface area contributed by atoms with Gasteiger partial charge in [0.05, 0.1) is 26.4 Å². The molecule has 1 amide bonds. The summed E-state index contributed by atoms with van der Waals surface area (Å²) in [6.07, 6.45) is 3.51. The third-order valence-electron chi connectivity index (χ3n) is 5.15. The number of nitrogens with one attached hydrogen (secondary N) is 1. The number of hydrogen-bond donors (Lipinski definition) is 1. The Morgan fingerprint density at radius 2 is 2.17 bits per heavy atom. The van der Waals surface area contributed by atoms with Gasteiger partial charge >= 0.3 is 0 Å². The van der Waals surface area contributed by atoms with E-state index in [4.69, 9.17) is 18.9 Å². The van der Waals surface area contributed by atoms with Gasteiger partial charge in [0.15, 0.2) is 11.5 Å². The Morgan fingerprint density at radius 3 is 2.87 bits per heavy atom. The zero-order chi connectivity index (χ0) is 21.2. The Labute approximate surface area is 177 Å². The van der Waals surface area contributed by atoms with Crippen LogP contribution >= 0.6 is 0 Å². The molecule has 1 aromatic rings. The molecular formula is C22H29N3O5. The number of methoxy groups -OCH3 is 1. The summed E-state index contributed by atoms with van der Waals surface area (Å²) in [5.41, 5.74) is 0.735. The van der Waals surface area contributed by atoms with E-state index in [1.807, 2.05) is 6.07 Å². The Kier molecular flexibility index (Phi) is 8.51. The number of nitriles is 1. The van der Waals surface area contributed by atoms with Crippen molar-refractivity contribution < 1.29 is 23.7 Å². The molecule has 1 atom stereocenters. The van der Waals surface area contributed by atoms with Crippen molar-refractivity contribution in [3.05, 3.63) is 29.3 Å². The molecule has 0 aromatic heterocycles. The highest BCUT2D eigenvalue weighted by atomic mass is 16.5. The number of carbonyl (C=O) groups excluding carboxylic acids is 1. The number of amides is 1. The van der Waals surface area contributed by atoms with Crippen LogP contribution in [0.3, 0.4) is 0 Å². The van der Waals surface area contributed by atoms with Gasteiger partial charge in [-0.15, -0.1) is 0 Å². The topological polar surface area (TPSA) is 93.0 Å². The average Bonchev–Trinajstić information content (AvgIpc) is 3.30. The number of rotatable bonds is 9. The van der Waals surface area contributed by atoms with Crippen molar-refractivity contribution in [1.29, 1.82) is 5.26 Å². The molecule has 2 saturated heterocycles. The minimum atomic E-state index is -0.404. The molecule has 1 unspecified atom stereocenters. The van der Waals surface area contributed by atoms with Crippen molar-refractivity contribution in [2.75, 3.05) is 59.7 Å². The van der Waals surface area contributed by atoms with Crippen molar-refractivity contribution in [1.82, 2.24) is 10.2 Å². The lowest BCUT2D eigenvalue weighted by Crippen LogP contribution is -2.38. The maximum absolute atomic E-state index is 12.4. The fourth-order valence-electron chi connectivity index (χ4n) is 3.43. The van der Waals surface area contributed by atoms with E-state index in [0.29, 0.717) is 30.2 Å². The molecule has 0 aliphatic carbocycles. The van der Waals surface area contributed by atoms with Crippen LogP contribution in [0.1, 0.15) is 18.4 Å². The first kappa shape index (κ1) is 22.1. The summed E-state index contributed by atoms with van der Waals surface area (Å²) in [5.74, 6) is 0.783. The van der Waals surface area contributed by atoms with E-state index in [1.165, 1.54) is 0 Å². The van der Waals surface area contributed by atoms with Crippen molar-refractivity contribution in [3.8, 4) is 17.6 Å². The zero-order valence-corrected chi connectivity index (χ0v) is 17.4. The van der Waals surface area contributed by atoms with Gasteiger partial charge in [-0.25, -0.2) is 0 Å². The highest BCUT2D eigenvalue weighted by Gasteiger charge is 2.18. The number of carbonyl (C=O) groups is 1. The second-order valence-electron chi connectivity index (χ2n) is 7.23. The fraction of sp³-hybridized carbons (Fsp3) is 0.545. The van der Waals surface area contributed by atoms with Gasteiger partial charge in [-0.05, 0) is 36.6 Å². The molecule has 0 saturated carbocycles. The van der Waals surface area contributed by atoms with E-state index < -0.39 is 5.91 Å². The van der Waals surface area contributed by atoms with Gasteiger partial charge in [0.2, 0.25) is 0 Å². The quantitative estimate of drug-likeness (QED) is 0.484. The molecule has 2 aliphatic rings. The lowest BCUT2D eigenvalue weighted by Gasteiger charge is -2.26. The smallest absolute Gasteiger partial charge is 0.262 e. The molecule has 0 spiro atoms. The van der Waals surface area contributed by atoms with Crippen LogP contribution in [-0.4, -0.2) is 76.6 Å². The molecule has 0 radical (unpaired) electrons. The normalized spacial score (nSPS) is 19.9. The van der Waals surface area contributed by atoms with Crippen LogP contribution in [0.25, 0.3) is 6.08 Å². The zero-order valence-electron chi connectivity index (χ0n) is 17.4. The first-order valence-electron chi connectivity index (χ1n) is 10.3. The molecular weight excluding hydrogens is 386 g/mol. The first-order chi connectivity index (χ1) is 14.7. The van der Waals surface area contributed by atoms with Gasteiger partial charge in [-0.2, -0.15) is 5.26 Å². The van der Waals surface area contributed by atoms with Crippen molar-refractivity contribution in [2.45, 2.75) is 18.9 Å². The van der Waals surface area contributed by atoms with Crippen LogP contribution in [0.4, 0.5) is 0 Å². The summed E-state index contributed by atoms with van der Waals surface area (Å²) in [7, 11) is 1.58. The number of ether oxygens (including phenoxy) is 4. The second-order valence-corrected chi connectivity index (χ2v) is 7.23. The number of morpholine rings is 1. The Morgan fingerprint density at radius 1 is 1.33 bits per heavy atom. The second kappa shape index (κ2) is 11.6. The van der Waals surface area contributed by atoms with E-state index in [-0.39, 0.29) is 11.7 Å². The van der Waals surface area contributed by atoms with Gasteiger partial charge < -0.3 is 24.3 Å². The summed E-state index contributed by atoms with van der Waals surface area (Å²) < 4.78 is 22.2. The summed E-state index contributed by atoms with van der Waals surface area (Å²) in [4.78, 5) is 14.6. The largest absolute Gasteiger partial charge is 0.493 e. The summed E-state index contributed by atoms with van der Waals surface area (Å²) in [5, 5.41) is 12.2. The van der Waals surface area contributed by atoms with Crippen LogP contribution in [-0.2, 0) is 14.3 Å². The monoisotopic (exact) mass is 415 g/mol. The molecule has 8 nitrogen and oxygen atoms in total. The molecule has 0 bridgehead atoms. The van der Waals surface area contributed by atoms with Crippen LogP contribution < -0.4 is 14.8 Å². The third kappa shape index (κ3) is 6.46. The molecule has 2 fully saturated rings. The molecule has 2 heterocycles. The SMILES string of the molecule is COc1ccc(C=C(C#N)C(=O)NCC2CCCO2)cc1OCCN1CCOCC1. The molecule has 8 heteroatoms. The lowest BCUT2D eigenvalue weighted by atomic mass is 10.1. The standard InChI is InChI=1S/C22H29N3O5/c1-27-20-5-4-17(14-21(20)30-12-8-25-6-10-28-11-7-25)13-18(15-23)22(26)24-16-19-3-2-9-29-19/h4-5,13-14,19H,2-3,6-12,16H2,1H3,(H,24,26). The number of nitrogens with zero attached hydrogens (tertiary/aromatic N) is 2. The first-order valence-corrected chi connectivity index (χ1v) is 10.3. The molecule has 2 aliphatic heterocycles. The number of hydrogen-bond acceptors (Lipinski definition) is 7. The maximum Gasteiger partial charge on any atom is 0.262 e. The summed E-state index contributed by atoms with van der Waals surface area (Å²) >= 11 is 0. The van der Waals surface area contributed by atoms with Gasteiger partial charge in [0.25, 0.3) is 5.91 Å². The predicted molar refractivity (Wildman–Crippen MR) is 111 cm³/mol. The Balaban J connectivity index is 1.61. The van der Waals surface area contributed by atoms with Gasteiger partial charge in [-0.3, -0.25) is 9.69 Å². The molecule has 3 rings (SSSR count). The molecule has 30 heavy (non-hydrogen) atoms. The van der Waals surface area contributed by atoms with Gasteiger partial charge in [0.1, 0.15) is 18.2 Å². The van der Waals surface area contributed by atoms with Crippen molar-refractivity contribution in [2.24, 2.45) is 0 Å². The third-order valence-corrected chi connectivity index (χ3v) is 5.15. The van der Waals surface area contributed by atoms with E-state index in [9.17, 15) is 10.1 Å². The van der Waals surface area contributed by atoms with Crippen LogP contribution in [0.15, 0.2) is 23.8 Å². The van der Waals surface area contributed by atoms with E-state index >= 15 is 0 Å². The highest BCUT2D eigenvalue weighted by Crippen LogP contribution is 2.29. The van der Waals surface area contributed by atoms with Crippen molar-refractivity contribution in [3.63, 3.8) is 0 Å². The van der Waals surface area contributed by atoms with E-state index in [2.05, 4.69) is 10.2 Å². The summed E-state index contributed by atoms with van der Waals surface area (Å²) in [6.45, 7) is 5.73. The lowest BCUT2D eigenvalue weighted by molar-refractivity contribution is -0.117. The van der Waals surface area contributed by atoms with Crippen LogP contribution in [0, 0.1) is 11.3 Å². The highest BCUT2D eigenvalue weighted by molar-refractivity contribution is 6.01. The maximum atomic E-state index is 12.4. The average molecular weight is 415 g/mol. The molecule has 162 valence electrons. The predicted octanol–water partition coefficient (Wildman–Crippen LogP) is 1.61. The van der Waals surface area contributed by atoms with E-state index in [1.54, 1.807) is 31.4 Å².